The molecular weight excluding hydrogens is 488 g/mol. The molecule has 2 heterocycles. The van der Waals surface area contributed by atoms with Crippen LogP contribution < -0.4 is 0 Å². The second-order valence-corrected chi connectivity index (χ2v) is 8.01. The number of rotatable bonds is 9. The zero-order chi connectivity index (χ0) is 27.0. The average molecular weight is 524 g/mol. The molecule has 17 nitrogen and oxygen atoms in total. The first-order valence-electron chi connectivity index (χ1n) is 10.6. The molecule has 17 heteroatoms. The van der Waals surface area contributed by atoms with Crippen LogP contribution in [-0.2, 0) is 14.2 Å². The molecule has 2 aliphatic heterocycles. The van der Waals surface area contributed by atoms with Gasteiger partial charge in [0.05, 0.1) is 26.4 Å². The monoisotopic (exact) mass is 524 g/mol. The summed E-state index contributed by atoms with van der Waals surface area (Å²) in [6.45, 7) is -2.80. The summed E-state index contributed by atoms with van der Waals surface area (Å²) in [5.74, 6) is 0. The first-order valence-corrected chi connectivity index (χ1v) is 10.6. The third kappa shape index (κ3) is 8.15. The predicted octanol–water partition coefficient (Wildman–Crippen LogP) is -8.98. The van der Waals surface area contributed by atoms with Gasteiger partial charge >= 0.3 is 0 Å². The third-order valence-electron chi connectivity index (χ3n) is 5.49. The molecule has 0 aromatic rings. The van der Waals surface area contributed by atoms with Crippen molar-refractivity contribution >= 4 is 0 Å². The highest BCUT2D eigenvalue weighted by Gasteiger charge is 2.50. The smallest absolute Gasteiger partial charge is 0.187 e. The molecule has 0 unspecified atom stereocenters. The van der Waals surface area contributed by atoms with Gasteiger partial charge < -0.3 is 85.7 Å². The SMILES string of the molecule is OC[C@@H](O)[C@@H](O)[C@H](O)[C@H](O)CO.OC[C@H]1O[C@@H](O[C@H]2[C@H](O)[C@@H](O)[C@H](O)O[C@@H]2CO)[C@H](O)[C@@H](O)[C@H]1O. The number of aliphatic hydroxyl groups is 14. The van der Waals surface area contributed by atoms with Gasteiger partial charge in [0.25, 0.3) is 0 Å². The van der Waals surface area contributed by atoms with Crippen molar-refractivity contribution in [3.63, 3.8) is 0 Å². The summed E-state index contributed by atoms with van der Waals surface area (Å²) in [7, 11) is 0. The van der Waals surface area contributed by atoms with E-state index in [-0.39, 0.29) is 0 Å². The Morgan fingerprint density at radius 2 is 1.06 bits per heavy atom. The molecule has 2 rings (SSSR count). The first-order chi connectivity index (χ1) is 16.4. The Morgan fingerprint density at radius 3 is 1.49 bits per heavy atom. The van der Waals surface area contributed by atoms with E-state index in [1.54, 1.807) is 0 Å². The van der Waals surface area contributed by atoms with E-state index < -0.39 is 112 Å². The summed E-state index contributed by atoms with van der Waals surface area (Å²) in [6.07, 6.45) is -22.0. The van der Waals surface area contributed by atoms with Crippen LogP contribution in [0.2, 0.25) is 0 Å². The maximum absolute atomic E-state index is 9.94. The van der Waals surface area contributed by atoms with Crippen LogP contribution in [0.4, 0.5) is 0 Å². The van der Waals surface area contributed by atoms with E-state index in [4.69, 9.17) is 50.0 Å². The molecule has 2 aliphatic rings. The summed E-state index contributed by atoms with van der Waals surface area (Å²) in [6, 6.07) is 0. The van der Waals surface area contributed by atoms with Gasteiger partial charge in [-0.2, -0.15) is 0 Å². The average Bonchev–Trinajstić information content (AvgIpc) is 2.87. The lowest BCUT2D eigenvalue weighted by molar-refractivity contribution is -0.355. The van der Waals surface area contributed by atoms with E-state index in [9.17, 15) is 35.7 Å². The molecule has 2 fully saturated rings. The Morgan fingerprint density at radius 1 is 0.571 bits per heavy atom. The van der Waals surface area contributed by atoms with Gasteiger partial charge in [0.2, 0.25) is 0 Å². The lowest BCUT2D eigenvalue weighted by Crippen LogP contribution is -2.64. The van der Waals surface area contributed by atoms with Crippen molar-refractivity contribution in [1.29, 1.82) is 0 Å². The lowest BCUT2D eigenvalue weighted by Gasteiger charge is -2.45. The van der Waals surface area contributed by atoms with Crippen molar-refractivity contribution in [2.45, 2.75) is 85.8 Å². The molecule has 0 aliphatic carbocycles. The van der Waals surface area contributed by atoms with E-state index >= 15 is 0 Å². The van der Waals surface area contributed by atoms with Crippen molar-refractivity contribution in [1.82, 2.24) is 0 Å². The summed E-state index contributed by atoms with van der Waals surface area (Å²) < 4.78 is 15.3. The zero-order valence-electron chi connectivity index (χ0n) is 18.4. The van der Waals surface area contributed by atoms with E-state index in [1.807, 2.05) is 0 Å². The Bertz CT molecular complexity index is 567. The lowest BCUT2D eigenvalue weighted by atomic mass is 9.97. The minimum absolute atomic E-state index is 0.667. The molecule has 2 saturated heterocycles. The van der Waals surface area contributed by atoms with E-state index in [2.05, 4.69) is 0 Å². The van der Waals surface area contributed by atoms with Crippen molar-refractivity contribution in [2.24, 2.45) is 0 Å². The molecule has 14 atom stereocenters. The van der Waals surface area contributed by atoms with Crippen molar-refractivity contribution in [2.75, 3.05) is 26.4 Å². The van der Waals surface area contributed by atoms with Crippen LogP contribution in [0, 0.1) is 0 Å². The molecule has 0 aromatic carbocycles. The van der Waals surface area contributed by atoms with Gasteiger partial charge in [-0.1, -0.05) is 0 Å². The quantitative estimate of drug-likeness (QED) is 0.133. The molecule has 0 amide bonds. The van der Waals surface area contributed by atoms with Gasteiger partial charge in [-0.05, 0) is 0 Å². The molecule has 0 bridgehead atoms. The Balaban J connectivity index is 0.000000434. The van der Waals surface area contributed by atoms with E-state index in [1.165, 1.54) is 0 Å². The number of hydrogen-bond donors (Lipinski definition) is 14. The molecule has 0 aromatic heterocycles. The van der Waals surface area contributed by atoms with Crippen molar-refractivity contribution in [3.05, 3.63) is 0 Å². The molecular formula is C18H36O17. The van der Waals surface area contributed by atoms with Gasteiger partial charge in [-0.25, -0.2) is 0 Å². The van der Waals surface area contributed by atoms with Crippen LogP contribution in [0.15, 0.2) is 0 Å². The Kier molecular flexibility index (Phi) is 13.8. The minimum atomic E-state index is -1.74. The van der Waals surface area contributed by atoms with E-state index in [0.717, 1.165) is 0 Å². The Hall–Kier alpha value is -0.680. The van der Waals surface area contributed by atoms with Crippen LogP contribution in [0.25, 0.3) is 0 Å². The fourth-order valence-corrected chi connectivity index (χ4v) is 3.24. The fraction of sp³-hybridized carbons (Fsp3) is 1.00. The normalized spacial score (nSPS) is 41.3. The maximum atomic E-state index is 9.94. The highest BCUT2D eigenvalue weighted by atomic mass is 16.7. The molecule has 0 spiro atoms. The molecule has 0 saturated carbocycles. The van der Waals surface area contributed by atoms with Gasteiger partial charge in [0, 0.05) is 0 Å². The molecule has 35 heavy (non-hydrogen) atoms. The summed E-state index contributed by atoms with van der Waals surface area (Å²) in [5.41, 5.74) is 0. The number of ether oxygens (including phenoxy) is 3. The Labute approximate surface area is 198 Å². The second-order valence-electron chi connectivity index (χ2n) is 8.01. The minimum Gasteiger partial charge on any atom is -0.394 e. The maximum Gasteiger partial charge on any atom is 0.187 e. The summed E-state index contributed by atoms with van der Waals surface area (Å²) in [5, 5.41) is 129. The van der Waals surface area contributed by atoms with Crippen molar-refractivity contribution < 1.29 is 85.7 Å². The van der Waals surface area contributed by atoms with Crippen molar-refractivity contribution in [3.8, 4) is 0 Å². The number of aliphatic hydroxyl groups excluding tert-OH is 14. The van der Waals surface area contributed by atoms with Gasteiger partial charge in [-0.15, -0.1) is 0 Å². The largest absolute Gasteiger partial charge is 0.394 e. The van der Waals surface area contributed by atoms with E-state index in [0.29, 0.717) is 0 Å². The highest BCUT2D eigenvalue weighted by Crippen LogP contribution is 2.28. The first kappa shape index (κ1) is 32.3. The van der Waals surface area contributed by atoms with Crippen LogP contribution in [-0.4, -0.2) is 184 Å². The summed E-state index contributed by atoms with van der Waals surface area (Å²) >= 11 is 0. The fourth-order valence-electron chi connectivity index (χ4n) is 3.24. The van der Waals surface area contributed by atoms with Gasteiger partial charge in [-0.3, -0.25) is 0 Å². The molecule has 14 N–H and O–H groups in total. The number of hydrogen-bond acceptors (Lipinski definition) is 17. The van der Waals surface area contributed by atoms with Crippen LogP contribution in [0.3, 0.4) is 0 Å². The second kappa shape index (κ2) is 14.9. The third-order valence-corrected chi connectivity index (χ3v) is 5.49. The standard InChI is InChI=1S/C12H22O11.C6H14O6/c13-1-3-5(15)6(16)9(19)12(22-3)23-10-4(2-14)21-11(20)8(18)7(10)17;7-1-3(9)5(11)6(12)4(10)2-8/h3-20H,1-2H2;3-12H,1-2H2/t3-,4-,5+,6+,7-,8-,9-,10-,11-,12+;3-,4-,5-,6-/m11/s1. The molecule has 0 radical (unpaired) electrons. The van der Waals surface area contributed by atoms with Crippen LogP contribution in [0.1, 0.15) is 0 Å². The van der Waals surface area contributed by atoms with Crippen LogP contribution >= 0.6 is 0 Å². The predicted molar refractivity (Wildman–Crippen MR) is 107 cm³/mol. The molecule has 210 valence electrons. The van der Waals surface area contributed by atoms with Crippen LogP contribution in [0.5, 0.6) is 0 Å². The van der Waals surface area contributed by atoms with Gasteiger partial charge in [0.1, 0.15) is 73.2 Å². The van der Waals surface area contributed by atoms with Gasteiger partial charge in [0.15, 0.2) is 12.6 Å². The summed E-state index contributed by atoms with van der Waals surface area (Å²) in [4.78, 5) is 0. The highest BCUT2D eigenvalue weighted by molar-refractivity contribution is 4.93. The zero-order valence-corrected chi connectivity index (χ0v) is 18.4. The topological polar surface area (TPSA) is 311 Å².